The number of fused-ring (bicyclic) bond motifs is 2. The van der Waals surface area contributed by atoms with E-state index in [1.54, 1.807) is 0 Å². The van der Waals surface area contributed by atoms with Crippen LogP contribution in [0.5, 0.6) is 11.5 Å². The van der Waals surface area contributed by atoms with Crippen molar-refractivity contribution in [2.24, 2.45) is 0 Å². The minimum Gasteiger partial charge on any atom is -0.453 e. The molecule has 0 bridgehead atoms. The van der Waals surface area contributed by atoms with Crippen LogP contribution in [0.4, 0.5) is 17.1 Å². The second-order valence-electron chi connectivity index (χ2n) is 6.21. The molecule has 0 fully saturated rings. The number of hydrogen-bond acceptors (Lipinski definition) is 2. The van der Waals surface area contributed by atoms with E-state index in [1.807, 2.05) is 48.5 Å². The van der Waals surface area contributed by atoms with Gasteiger partial charge in [-0.2, -0.15) is 0 Å². The summed E-state index contributed by atoms with van der Waals surface area (Å²) in [6.45, 7) is 0. The second kappa shape index (κ2) is 6.08. The molecule has 0 amide bonds. The molecule has 2 heteroatoms. The van der Waals surface area contributed by atoms with Gasteiger partial charge in [-0.1, -0.05) is 60.7 Å². The van der Waals surface area contributed by atoms with E-state index in [2.05, 4.69) is 59.5 Å². The molecule has 0 unspecified atom stereocenters. The van der Waals surface area contributed by atoms with Gasteiger partial charge in [0, 0.05) is 5.69 Å². The summed E-state index contributed by atoms with van der Waals surface area (Å²) >= 11 is 0. The lowest BCUT2D eigenvalue weighted by Crippen LogP contribution is -2.15. The van der Waals surface area contributed by atoms with Gasteiger partial charge < -0.3 is 9.64 Å². The number of para-hydroxylation sites is 4. The SMILES string of the molecule is [c]1ccc(-c2ccc(N3c4ccccc4Oc4ccccc43)cc2)cc1. The predicted octanol–water partition coefficient (Wildman–Crippen LogP) is 6.73. The molecule has 0 aromatic heterocycles. The molecule has 5 rings (SSSR count). The summed E-state index contributed by atoms with van der Waals surface area (Å²) in [5, 5.41) is 0. The number of ether oxygens (including phenoxy) is 1. The van der Waals surface area contributed by atoms with Crippen molar-refractivity contribution in [2.75, 3.05) is 4.90 Å². The van der Waals surface area contributed by atoms with E-state index in [0.717, 1.165) is 28.6 Å². The monoisotopic (exact) mass is 334 g/mol. The average molecular weight is 334 g/mol. The molecular formula is C24H16NO. The zero-order valence-corrected chi connectivity index (χ0v) is 14.1. The Bertz CT molecular complexity index is 1010. The Hall–Kier alpha value is -3.52. The van der Waals surface area contributed by atoms with E-state index in [-0.39, 0.29) is 0 Å². The summed E-state index contributed by atoms with van der Waals surface area (Å²) in [5.74, 6) is 1.74. The summed E-state index contributed by atoms with van der Waals surface area (Å²) in [6.07, 6.45) is 0. The standard InChI is InChI=1S/C24H16NO/c1-2-8-18(9-3-1)19-14-16-20(17-15-19)25-21-10-4-6-12-23(21)26-24-13-7-5-11-22(24)25/h2-17H. The summed E-state index contributed by atoms with van der Waals surface area (Å²) < 4.78 is 6.08. The highest BCUT2D eigenvalue weighted by molar-refractivity contribution is 5.86. The van der Waals surface area contributed by atoms with Gasteiger partial charge in [0.15, 0.2) is 11.5 Å². The lowest BCUT2D eigenvalue weighted by Gasteiger charge is -2.32. The molecule has 0 N–H and O–H groups in total. The summed E-state index contributed by atoms with van der Waals surface area (Å²) in [6, 6.07) is 36.0. The van der Waals surface area contributed by atoms with Crippen LogP contribution in [0.2, 0.25) is 0 Å². The maximum atomic E-state index is 6.08. The van der Waals surface area contributed by atoms with E-state index in [4.69, 9.17) is 4.74 Å². The zero-order chi connectivity index (χ0) is 17.3. The van der Waals surface area contributed by atoms with Crippen molar-refractivity contribution >= 4 is 17.1 Å². The Balaban J connectivity index is 1.62. The molecule has 0 aliphatic carbocycles. The van der Waals surface area contributed by atoms with Crippen molar-refractivity contribution < 1.29 is 4.74 Å². The summed E-state index contributed by atoms with van der Waals surface area (Å²) in [5.41, 5.74) is 5.59. The van der Waals surface area contributed by atoms with Crippen molar-refractivity contribution in [1.82, 2.24) is 0 Å². The van der Waals surface area contributed by atoms with Gasteiger partial charge in [-0.05, 0) is 53.6 Å². The van der Waals surface area contributed by atoms with Crippen LogP contribution >= 0.6 is 0 Å². The zero-order valence-electron chi connectivity index (χ0n) is 14.1. The second-order valence-corrected chi connectivity index (χ2v) is 6.21. The average Bonchev–Trinajstić information content (AvgIpc) is 2.73. The van der Waals surface area contributed by atoms with E-state index >= 15 is 0 Å². The minimum atomic E-state index is 0.869. The number of benzene rings is 4. The largest absolute Gasteiger partial charge is 0.453 e. The Morgan fingerprint density at radius 3 is 1.73 bits per heavy atom. The Labute approximate surface area is 152 Å². The van der Waals surface area contributed by atoms with Crippen molar-refractivity contribution in [3.8, 4) is 22.6 Å². The molecule has 4 aromatic rings. The first-order valence-corrected chi connectivity index (χ1v) is 8.63. The van der Waals surface area contributed by atoms with Crippen molar-refractivity contribution in [3.63, 3.8) is 0 Å². The third-order valence-corrected chi connectivity index (χ3v) is 4.61. The number of hydrogen-bond donors (Lipinski definition) is 0. The van der Waals surface area contributed by atoms with Gasteiger partial charge in [-0.3, -0.25) is 0 Å². The fraction of sp³-hybridized carbons (Fsp3) is 0. The molecule has 0 atom stereocenters. The highest BCUT2D eigenvalue weighted by Gasteiger charge is 2.24. The van der Waals surface area contributed by atoms with Crippen LogP contribution < -0.4 is 9.64 Å². The minimum absolute atomic E-state index is 0.869. The van der Waals surface area contributed by atoms with E-state index in [0.29, 0.717) is 0 Å². The molecule has 1 aliphatic heterocycles. The maximum Gasteiger partial charge on any atom is 0.151 e. The molecule has 26 heavy (non-hydrogen) atoms. The Morgan fingerprint density at radius 2 is 1.12 bits per heavy atom. The molecular weight excluding hydrogens is 318 g/mol. The van der Waals surface area contributed by atoms with Gasteiger partial charge in [0.05, 0.1) is 11.4 Å². The van der Waals surface area contributed by atoms with Gasteiger partial charge in [-0.15, -0.1) is 0 Å². The maximum absolute atomic E-state index is 6.08. The molecule has 0 saturated heterocycles. The van der Waals surface area contributed by atoms with E-state index in [1.165, 1.54) is 11.1 Å². The fourth-order valence-corrected chi connectivity index (χ4v) is 3.37. The normalized spacial score (nSPS) is 12.1. The molecule has 123 valence electrons. The van der Waals surface area contributed by atoms with Gasteiger partial charge in [0.2, 0.25) is 0 Å². The molecule has 1 aliphatic rings. The Morgan fingerprint density at radius 1 is 0.577 bits per heavy atom. The van der Waals surface area contributed by atoms with Gasteiger partial charge in [0.1, 0.15) is 0 Å². The first-order valence-electron chi connectivity index (χ1n) is 8.63. The van der Waals surface area contributed by atoms with Crippen LogP contribution in [-0.4, -0.2) is 0 Å². The lowest BCUT2D eigenvalue weighted by molar-refractivity contribution is 0.477. The van der Waals surface area contributed by atoms with E-state index in [9.17, 15) is 0 Å². The Kier molecular flexibility index (Phi) is 3.46. The van der Waals surface area contributed by atoms with Gasteiger partial charge in [0.25, 0.3) is 0 Å². The van der Waals surface area contributed by atoms with Crippen LogP contribution in [0.3, 0.4) is 0 Å². The van der Waals surface area contributed by atoms with Crippen molar-refractivity contribution in [3.05, 3.63) is 103 Å². The van der Waals surface area contributed by atoms with Crippen LogP contribution in [-0.2, 0) is 0 Å². The number of rotatable bonds is 2. The molecule has 1 heterocycles. The fourth-order valence-electron chi connectivity index (χ4n) is 3.37. The number of nitrogens with zero attached hydrogens (tertiary/aromatic N) is 1. The molecule has 1 radical (unpaired) electrons. The van der Waals surface area contributed by atoms with Gasteiger partial charge in [-0.25, -0.2) is 0 Å². The third-order valence-electron chi connectivity index (χ3n) is 4.61. The van der Waals surface area contributed by atoms with Crippen LogP contribution in [0.25, 0.3) is 11.1 Å². The van der Waals surface area contributed by atoms with Crippen LogP contribution in [0, 0.1) is 6.07 Å². The topological polar surface area (TPSA) is 12.5 Å². The summed E-state index contributed by atoms with van der Waals surface area (Å²) in [4.78, 5) is 2.25. The lowest BCUT2D eigenvalue weighted by atomic mass is 10.0. The van der Waals surface area contributed by atoms with Crippen LogP contribution in [0.1, 0.15) is 0 Å². The van der Waals surface area contributed by atoms with Crippen molar-refractivity contribution in [1.29, 1.82) is 0 Å². The predicted molar refractivity (Wildman–Crippen MR) is 105 cm³/mol. The molecule has 0 saturated carbocycles. The smallest absolute Gasteiger partial charge is 0.151 e. The molecule has 0 spiro atoms. The van der Waals surface area contributed by atoms with Gasteiger partial charge >= 0.3 is 0 Å². The highest BCUT2D eigenvalue weighted by atomic mass is 16.5. The molecule has 4 aromatic carbocycles. The molecule has 2 nitrogen and oxygen atoms in total. The third kappa shape index (κ3) is 2.44. The summed E-state index contributed by atoms with van der Waals surface area (Å²) in [7, 11) is 0. The van der Waals surface area contributed by atoms with Crippen molar-refractivity contribution in [2.45, 2.75) is 0 Å². The quantitative estimate of drug-likeness (QED) is 0.355. The first kappa shape index (κ1) is 14.8. The first-order chi connectivity index (χ1) is 12.9. The van der Waals surface area contributed by atoms with Crippen LogP contribution in [0.15, 0.2) is 97.1 Å². The highest BCUT2D eigenvalue weighted by Crippen LogP contribution is 2.50. The van der Waals surface area contributed by atoms with E-state index < -0.39 is 0 Å². The number of anilines is 3.